The lowest BCUT2D eigenvalue weighted by Crippen LogP contribution is -2.38. The van der Waals surface area contributed by atoms with Crippen molar-refractivity contribution in [3.05, 3.63) is 59.2 Å². The van der Waals surface area contributed by atoms with Gasteiger partial charge in [-0.05, 0) is 49.2 Å². The third-order valence-electron chi connectivity index (χ3n) is 6.09. The highest BCUT2D eigenvalue weighted by atomic mass is 32.2. The number of hydrogen-bond donors (Lipinski definition) is 1. The summed E-state index contributed by atoms with van der Waals surface area (Å²) in [4.78, 5) is 27.1. The molecule has 2 aliphatic rings. The maximum atomic E-state index is 13.0. The summed E-state index contributed by atoms with van der Waals surface area (Å²) in [7, 11) is 0. The predicted octanol–water partition coefficient (Wildman–Crippen LogP) is 3.44. The molecule has 2 aliphatic heterocycles. The smallest absolute Gasteiger partial charge is 0.232 e. The lowest BCUT2D eigenvalue weighted by atomic mass is 9.99. The summed E-state index contributed by atoms with van der Waals surface area (Å²) in [5.41, 5.74) is 4.35. The summed E-state index contributed by atoms with van der Waals surface area (Å²) >= 11 is 1.37. The van der Waals surface area contributed by atoms with Crippen molar-refractivity contribution in [2.24, 2.45) is 0 Å². The number of aromatic nitrogens is 3. The topological polar surface area (TPSA) is 89.3 Å². The van der Waals surface area contributed by atoms with Crippen LogP contribution in [0.2, 0.25) is 0 Å². The number of carbonyl (C=O) groups is 2. The first-order valence-corrected chi connectivity index (χ1v) is 12.0. The normalized spacial score (nSPS) is 17.7. The van der Waals surface area contributed by atoms with Crippen molar-refractivity contribution < 1.29 is 14.3 Å². The first-order valence-electron chi connectivity index (χ1n) is 11.0. The number of benzene rings is 2. The van der Waals surface area contributed by atoms with Crippen LogP contribution in [0.25, 0.3) is 5.69 Å². The number of nitrogens with one attached hydrogen (secondary N) is 1. The van der Waals surface area contributed by atoms with E-state index in [9.17, 15) is 9.59 Å². The molecule has 1 fully saturated rings. The summed E-state index contributed by atoms with van der Waals surface area (Å²) in [6.07, 6.45) is 0. The van der Waals surface area contributed by atoms with Gasteiger partial charge in [-0.1, -0.05) is 30.0 Å². The SMILES string of the molecule is Cc1ccccc1-n1c(SCC(=O)c2ccc3c(c2)[C@@H](C)C(=O)N3)nnc1N1CCOCC1. The molecule has 0 spiro atoms. The molecular formula is C24H25N5O3S. The third kappa shape index (κ3) is 4.14. The van der Waals surface area contributed by atoms with E-state index >= 15 is 0 Å². The van der Waals surface area contributed by atoms with Crippen LogP contribution in [0.15, 0.2) is 47.6 Å². The van der Waals surface area contributed by atoms with E-state index in [4.69, 9.17) is 4.74 Å². The van der Waals surface area contributed by atoms with Crippen LogP contribution in [0.4, 0.5) is 11.6 Å². The van der Waals surface area contributed by atoms with Crippen molar-refractivity contribution in [2.45, 2.75) is 24.9 Å². The third-order valence-corrected chi connectivity index (χ3v) is 7.02. The number of morpholine rings is 1. The van der Waals surface area contributed by atoms with Crippen molar-refractivity contribution >= 4 is 35.1 Å². The number of fused-ring (bicyclic) bond motifs is 1. The Hall–Kier alpha value is -3.17. The molecular weight excluding hydrogens is 438 g/mol. The zero-order valence-electron chi connectivity index (χ0n) is 18.6. The summed E-state index contributed by atoms with van der Waals surface area (Å²) in [5, 5.41) is 12.4. The van der Waals surface area contributed by atoms with Crippen molar-refractivity contribution in [3.63, 3.8) is 0 Å². The van der Waals surface area contributed by atoms with Crippen LogP contribution in [-0.2, 0) is 9.53 Å². The number of aryl methyl sites for hydroxylation is 1. The largest absolute Gasteiger partial charge is 0.378 e. The molecule has 0 radical (unpaired) electrons. The van der Waals surface area contributed by atoms with Crippen LogP contribution in [0, 0.1) is 6.92 Å². The number of ketones is 1. The second-order valence-corrected chi connectivity index (χ2v) is 9.17. The molecule has 1 atom stereocenters. The van der Waals surface area contributed by atoms with Crippen LogP contribution < -0.4 is 10.2 Å². The fourth-order valence-electron chi connectivity index (χ4n) is 4.15. The van der Waals surface area contributed by atoms with Gasteiger partial charge in [0, 0.05) is 24.3 Å². The summed E-state index contributed by atoms with van der Waals surface area (Å²) < 4.78 is 7.53. The van der Waals surface area contributed by atoms with Gasteiger partial charge < -0.3 is 15.0 Å². The van der Waals surface area contributed by atoms with Gasteiger partial charge in [0.05, 0.1) is 30.6 Å². The van der Waals surface area contributed by atoms with Gasteiger partial charge in [-0.2, -0.15) is 0 Å². The van der Waals surface area contributed by atoms with Crippen molar-refractivity contribution in [1.29, 1.82) is 0 Å². The van der Waals surface area contributed by atoms with Crippen molar-refractivity contribution in [1.82, 2.24) is 14.8 Å². The average molecular weight is 464 g/mol. The number of para-hydroxylation sites is 1. The average Bonchev–Trinajstić information content (AvgIpc) is 3.38. The fourth-order valence-corrected chi connectivity index (χ4v) is 4.99. The van der Waals surface area contributed by atoms with Crippen LogP contribution in [0.3, 0.4) is 0 Å². The Morgan fingerprint density at radius 1 is 1.18 bits per heavy atom. The maximum absolute atomic E-state index is 13.0. The molecule has 1 amide bonds. The quantitative estimate of drug-likeness (QED) is 0.442. The van der Waals surface area contributed by atoms with Gasteiger partial charge in [0.15, 0.2) is 10.9 Å². The van der Waals surface area contributed by atoms with Crippen LogP contribution in [-0.4, -0.2) is 58.5 Å². The van der Waals surface area contributed by atoms with Gasteiger partial charge >= 0.3 is 0 Å². The Labute approximate surface area is 196 Å². The Bertz CT molecular complexity index is 1220. The molecule has 3 heterocycles. The van der Waals surface area contributed by atoms with E-state index in [1.165, 1.54) is 11.8 Å². The zero-order valence-corrected chi connectivity index (χ0v) is 19.4. The van der Waals surface area contributed by atoms with Gasteiger partial charge in [0.25, 0.3) is 0 Å². The number of nitrogens with zero attached hydrogens (tertiary/aromatic N) is 4. The molecule has 5 rings (SSSR count). The second kappa shape index (κ2) is 8.99. The second-order valence-electron chi connectivity index (χ2n) is 8.23. The van der Waals surface area contributed by atoms with E-state index in [2.05, 4.69) is 33.4 Å². The first kappa shape index (κ1) is 21.7. The molecule has 9 heteroatoms. The van der Waals surface area contributed by atoms with E-state index in [0.29, 0.717) is 23.9 Å². The Morgan fingerprint density at radius 3 is 2.76 bits per heavy atom. The number of rotatable bonds is 6. The van der Waals surface area contributed by atoms with E-state index in [1.54, 1.807) is 12.1 Å². The molecule has 0 unspecified atom stereocenters. The molecule has 2 aromatic carbocycles. The number of Topliss-reactive ketones (excluding diaryl/α,β-unsaturated/α-hetero) is 1. The lowest BCUT2D eigenvalue weighted by molar-refractivity contribution is -0.116. The highest BCUT2D eigenvalue weighted by Crippen LogP contribution is 2.34. The molecule has 170 valence electrons. The fraction of sp³-hybridized carbons (Fsp3) is 0.333. The minimum absolute atomic E-state index is 0.0124. The minimum Gasteiger partial charge on any atom is -0.378 e. The lowest BCUT2D eigenvalue weighted by Gasteiger charge is -2.28. The van der Waals surface area contributed by atoms with E-state index in [-0.39, 0.29) is 23.4 Å². The summed E-state index contributed by atoms with van der Waals surface area (Å²) in [6, 6.07) is 13.5. The van der Waals surface area contributed by atoms with Gasteiger partial charge in [0.1, 0.15) is 0 Å². The number of hydrogen-bond acceptors (Lipinski definition) is 7. The molecule has 0 saturated carbocycles. The van der Waals surface area contributed by atoms with E-state index in [0.717, 1.165) is 41.5 Å². The summed E-state index contributed by atoms with van der Waals surface area (Å²) in [6.45, 7) is 6.69. The monoisotopic (exact) mass is 463 g/mol. The van der Waals surface area contributed by atoms with E-state index in [1.807, 2.05) is 35.8 Å². The van der Waals surface area contributed by atoms with Crippen molar-refractivity contribution in [3.8, 4) is 5.69 Å². The Kier molecular flexibility index (Phi) is 5.90. The van der Waals surface area contributed by atoms with E-state index < -0.39 is 0 Å². The van der Waals surface area contributed by atoms with Gasteiger partial charge in [-0.3, -0.25) is 14.2 Å². The maximum Gasteiger partial charge on any atom is 0.232 e. The molecule has 3 aromatic rings. The molecule has 1 aromatic heterocycles. The van der Waals surface area contributed by atoms with Crippen LogP contribution in [0.5, 0.6) is 0 Å². The highest BCUT2D eigenvalue weighted by molar-refractivity contribution is 7.99. The number of amides is 1. The first-order chi connectivity index (χ1) is 16.0. The molecule has 1 saturated heterocycles. The van der Waals surface area contributed by atoms with Gasteiger partial charge in [-0.25, -0.2) is 0 Å². The van der Waals surface area contributed by atoms with Crippen LogP contribution >= 0.6 is 11.8 Å². The number of thioether (sulfide) groups is 1. The predicted molar refractivity (Wildman–Crippen MR) is 128 cm³/mol. The molecule has 1 N–H and O–H groups in total. The number of carbonyl (C=O) groups excluding carboxylic acids is 2. The zero-order chi connectivity index (χ0) is 22.9. The molecule has 0 aliphatic carbocycles. The standard InChI is InChI=1S/C24H25N5O3S/c1-15-5-3-4-6-20(15)29-23(28-9-11-32-12-10-28)26-27-24(29)33-14-21(30)17-7-8-19-18(13-17)16(2)22(31)25-19/h3-8,13,16H,9-12,14H2,1-2H3,(H,25,31)/t16-/m1/s1. The van der Waals surface area contributed by atoms with Crippen LogP contribution in [0.1, 0.15) is 34.3 Å². The summed E-state index contributed by atoms with van der Waals surface area (Å²) in [5.74, 6) is 0.688. The van der Waals surface area contributed by atoms with Gasteiger partial charge in [0.2, 0.25) is 11.9 Å². The molecule has 8 nitrogen and oxygen atoms in total. The number of ether oxygens (including phenoxy) is 1. The Morgan fingerprint density at radius 2 is 1.97 bits per heavy atom. The number of anilines is 2. The van der Waals surface area contributed by atoms with Crippen molar-refractivity contribution in [2.75, 3.05) is 42.3 Å². The van der Waals surface area contributed by atoms with Gasteiger partial charge in [-0.15, -0.1) is 10.2 Å². The highest BCUT2D eigenvalue weighted by Gasteiger charge is 2.28. The Balaban J connectivity index is 1.41. The molecule has 33 heavy (non-hydrogen) atoms. The molecule has 0 bridgehead atoms. The minimum atomic E-state index is -0.249.